The van der Waals surface area contributed by atoms with Crippen LogP contribution in [0.2, 0.25) is 0 Å². The maximum absolute atomic E-state index is 11.6. The van der Waals surface area contributed by atoms with E-state index >= 15 is 0 Å². The molecule has 0 aliphatic carbocycles. The van der Waals surface area contributed by atoms with Crippen LogP contribution >= 0.6 is 0 Å². The topological polar surface area (TPSA) is 154 Å². The molecule has 28 heavy (non-hydrogen) atoms. The van der Waals surface area contributed by atoms with Gasteiger partial charge in [0.2, 0.25) is 5.91 Å². The van der Waals surface area contributed by atoms with Crippen molar-refractivity contribution in [3.8, 4) is 0 Å². The molecule has 0 saturated carbocycles. The number of imide groups is 1. The lowest BCUT2D eigenvalue weighted by atomic mass is 10.1. The first-order chi connectivity index (χ1) is 13.2. The third kappa shape index (κ3) is 8.16. The lowest BCUT2D eigenvalue weighted by Gasteiger charge is -2.17. The van der Waals surface area contributed by atoms with Crippen LogP contribution in [0.3, 0.4) is 0 Å². The minimum Gasteiger partial charge on any atom is -0.480 e. The number of nitrogens with zero attached hydrogens (tertiary/aromatic N) is 1. The number of ether oxygens (including phenoxy) is 1. The molecule has 1 rings (SSSR count). The van der Waals surface area contributed by atoms with E-state index in [4.69, 9.17) is 9.84 Å². The van der Waals surface area contributed by atoms with Crippen molar-refractivity contribution in [2.75, 3.05) is 32.8 Å². The lowest BCUT2D eigenvalue weighted by Crippen LogP contribution is -2.44. The number of hydrogen-bond acceptors (Lipinski definition) is 7. The molecule has 156 valence electrons. The predicted molar refractivity (Wildman–Crippen MR) is 97.1 cm³/mol. The summed E-state index contributed by atoms with van der Waals surface area (Å²) < 4.78 is 4.87. The van der Waals surface area contributed by atoms with Gasteiger partial charge in [-0.1, -0.05) is 13.8 Å². The number of rotatable bonds is 12. The summed E-state index contributed by atoms with van der Waals surface area (Å²) in [5.74, 6) is -2.33. The molecule has 0 aromatic carbocycles. The molecule has 0 saturated heterocycles. The van der Waals surface area contributed by atoms with Crippen molar-refractivity contribution in [2.45, 2.75) is 26.3 Å². The molecule has 11 nitrogen and oxygen atoms in total. The van der Waals surface area contributed by atoms with E-state index < -0.39 is 29.9 Å². The van der Waals surface area contributed by atoms with Crippen LogP contribution in [-0.4, -0.2) is 78.6 Å². The third-order valence-electron chi connectivity index (χ3n) is 3.81. The second-order valence-electron chi connectivity index (χ2n) is 6.34. The van der Waals surface area contributed by atoms with E-state index in [1.165, 1.54) is 0 Å². The highest BCUT2D eigenvalue weighted by molar-refractivity contribution is 6.13. The zero-order valence-corrected chi connectivity index (χ0v) is 15.9. The lowest BCUT2D eigenvalue weighted by molar-refractivity contribution is -0.141. The minimum absolute atomic E-state index is 0.0153. The molecule has 1 aliphatic heterocycles. The summed E-state index contributed by atoms with van der Waals surface area (Å²) in [5.41, 5.74) is 0. The first-order valence-corrected chi connectivity index (χ1v) is 8.89. The van der Waals surface area contributed by atoms with E-state index in [-0.39, 0.29) is 51.0 Å². The summed E-state index contributed by atoms with van der Waals surface area (Å²) in [6.07, 6.45) is 1.56. The number of amides is 4. The largest absolute Gasteiger partial charge is 0.480 e. The van der Waals surface area contributed by atoms with Gasteiger partial charge in [-0.25, -0.2) is 4.79 Å². The van der Waals surface area contributed by atoms with E-state index in [9.17, 15) is 24.0 Å². The van der Waals surface area contributed by atoms with E-state index in [0.717, 1.165) is 17.1 Å². The standard InChI is InChI=1S/C17H26N4O7/c1-11(2)15(16(25)26)19-6-7-20-17(27)28-10-8-18-12(22)5-9-21-13(23)3-4-14(21)24/h3-4,11,15,19H,5-10H2,1-2H3,(H,18,22)(H,20,27)(H,25,26)/t15-/m0/s1. The van der Waals surface area contributed by atoms with E-state index in [1.54, 1.807) is 13.8 Å². The summed E-state index contributed by atoms with van der Waals surface area (Å²) in [6.45, 7) is 4.02. The van der Waals surface area contributed by atoms with Crippen molar-refractivity contribution in [3.05, 3.63) is 12.2 Å². The Hall–Kier alpha value is -2.95. The van der Waals surface area contributed by atoms with E-state index in [1.807, 2.05) is 0 Å². The molecule has 0 bridgehead atoms. The highest BCUT2D eigenvalue weighted by atomic mass is 16.5. The second-order valence-corrected chi connectivity index (χ2v) is 6.34. The van der Waals surface area contributed by atoms with Crippen LogP contribution in [0, 0.1) is 5.92 Å². The van der Waals surface area contributed by atoms with Crippen molar-refractivity contribution in [1.82, 2.24) is 20.9 Å². The Labute approximate surface area is 162 Å². The van der Waals surface area contributed by atoms with E-state index in [2.05, 4.69) is 16.0 Å². The van der Waals surface area contributed by atoms with Gasteiger partial charge in [-0.15, -0.1) is 0 Å². The molecule has 0 fully saturated rings. The highest BCUT2D eigenvalue weighted by Gasteiger charge is 2.23. The fourth-order valence-corrected chi connectivity index (χ4v) is 2.34. The van der Waals surface area contributed by atoms with Crippen molar-refractivity contribution in [2.24, 2.45) is 5.92 Å². The quantitative estimate of drug-likeness (QED) is 0.237. The van der Waals surface area contributed by atoms with Gasteiger partial charge >= 0.3 is 12.1 Å². The molecule has 1 atom stereocenters. The van der Waals surface area contributed by atoms with Crippen molar-refractivity contribution in [3.63, 3.8) is 0 Å². The van der Waals surface area contributed by atoms with Gasteiger partial charge in [0.25, 0.3) is 11.8 Å². The van der Waals surface area contributed by atoms with Crippen molar-refractivity contribution in [1.29, 1.82) is 0 Å². The Balaban J connectivity index is 2.07. The number of carbonyl (C=O) groups is 5. The average molecular weight is 398 g/mol. The highest BCUT2D eigenvalue weighted by Crippen LogP contribution is 2.04. The molecule has 0 aromatic rings. The predicted octanol–water partition coefficient (Wildman–Crippen LogP) is -1.16. The number of carbonyl (C=O) groups excluding carboxylic acids is 4. The molecular weight excluding hydrogens is 372 g/mol. The number of aliphatic carboxylic acids is 1. The first-order valence-electron chi connectivity index (χ1n) is 8.89. The average Bonchev–Trinajstić information content (AvgIpc) is 2.94. The van der Waals surface area contributed by atoms with Gasteiger partial charge in [-0.3, -0.25) is 24.1 Å². The normalized spacial score (nSPS) is 14.3. The molecule has 11 heteroatoms. The monoisotopic (exact) mass is 398 g/mol. The van der Waals surface area contributed by atoms with Crippen LogP contribution in [0.4, 0.5) is 4.79 Å². The molecule has 1 heterocycles. The maximum Gasteiger partial charge on any atom is 0.407 e. The smallest absolute Gasteiger partial charge is 0.407 e. The number of carboxylic acids is 1. The summed E-state index contributed by atoms with van der Waals surface area (Å²) in [7, 11) is 0. The van der Waals surface area contributed by atoms with Crippen molar-refractivity contribution < 1.29 is 33.8 Å². The van der Waals surface area contributed by atoms with Gasteiger partial charge in [-0.05, 0) is 5.92 Å². The first kappa shape index (κ1) is 23.1. The SMILES string of the molecule is CC(C)[C@H](NCCNC(=O)OCCNC(=O)CCN1C(=O)C=CC1=O)C(=O)O. The number of carboxylic acid groups (broad SMARTS) is 1. The molecule has 1 aliphatic rings. The Morgan fingerprint density at radius 2 is 1.71 bits per heavy atom. The van der Waals surface area contributed by atoms with Gasteiger partial charge in [-0.2, -0.15) is 0 Å². The van der Waals surface area contributed by atoms with Gasteiger partial charge in [0.1, 0.15) is 12.6 Å². The summed E-state index contributed by atoms with van der Waals surface area (Å²) in [4.78, 5) is 57.8. The molecule has 4 amide bonds. The minimum atomic E-state index is -0.956. The number of hydrogen-bond donors (Lipinski definition) is 4. The van der Waals surface area contributed by atoms with Crippen LogP contribution in [0.5, 0.6) is 0 Å². The van der Waals surface area contributed by atoms with Crippen LogP contribution in [0.25, 0.3) is 0 Å². The van der Waals surface area contributed by atoms with Crippen LogP contribution in [-0.2, 0) is 23.9 Å². The van der Waals surface area contributed by atoms with Crippen LogP contribution in [0.15, 0.2) is 12.2 Å². The van der Waals surface area contributed by atoms with Crippen molar-refractivity contribution >= 4 is 29.8 Å². The van der Waals surface area contributed by atoms with Crippen LogP contribution in [0.1, 0.15) is 20.3 Å². The van der Waals surface area contributed by atoms with Gasteiger partial charge in [0.15, 0.2) is 0 Å². The molecule has 0 aromatic heterocycles. The summed E-state index contributed by atoms with van der Waals surface area (Å²) in [6, 6.07) is -0.699. The third-order valence-corrected chi connectivity index (χ3v) is 3.81. The van der Waals surface area contributed by atoms with Gasteiger partial charge in [0, 0.05) is 38.2 Å². The molecule has 0 spiro atoms. The zero-order chi connectivity index (χ0) is 21.1. The number of alkyl carbamates (subject to hydrolysis) is 1. The Kier molecular flexibility index (Phi) is 9.65. The molecular formula is C17H26N4O7. The summed E-state index contributed by atoms with van der Waals surface area (Å²) in [5, 5.41) is 16.8. The molecule has 0 unspecified atom stereocenters. The summed E-state index contributed by atoms with van der Waals surface area (Å²) >= 11 is 0. The molecule has 0 radical (unpaired) electrons. The molecule has 4 N–H and O–H groups in total. The number of nitrogens with one attached hydrogen (secondary N) is 3. The Morgan fingerprint density at radius 3 is 2.29 bits per heavy atom. The Morgan fingerprint density at radius 1 is 1.07 bits per heavy atom. The Bertz CT molecular complexity index is 615. The fourth-order valence-electron chi connectivity index (χ4n) is 2.34. The van der Waals surface area contributed by atoms with Gasteiger partial charge in [0.05, 0.1) is 6.54 Å². The van der Waals surface area contributed by atoms with Gasteiger partial charge < -0.3 is 25.8 Å². The zero-order valence-electron chi connectivity index (χ0n) is 15.9. The fraction of sp³-hybridized carbons (Fsp3) is 0.588. The van der Waals surface area contributed by atoms with E-state index in [0.29, 0.717) is 0 Å². The second kappa shape index (κ2) is 11.7. The van der Waals surface area contributed by atoms with Crippen LogP contribution < -0.4 is 16.0 Å². The maximum atomic E-state index is 11.6.